The molecule has 0 aromatic heterocycles. The fourth-order valence-electron chi connectivity index (χ4n) is 4.55. The van der Waals surface area contributed by atoms with E-state index in [4.69, 9.17) is 28.4 Å². The first-order valence-electron chi connectivity index (χ1n) is 16.0. The summed E-state index contributed by atoms with van der Waals surface area (Å²) in [5.41, 5.74) is 2.94. The summed E-state index contributed by atoms with van der Waals surface area (Å²) in [6, 6.07) is 21.7. The Hall–Kier alpha value is -5.61. The Morgan fingerprint density at radius 2 is 1.14 bits per heavy atom. The Balaban J connectivity index is 1.18. The second-order valence-corrected chi connectivity index (χ2v) is 10.8. The SMILES string of the molecule is C=CC(=O)OCCCCOc1ccc(C(=O)OC2=CC=C(OC(O)c3ccc(-c4ccc(OCCCOC(=O)C=C)cc4)cc3)CC2)cc1. The lowest BCUT2D eigenvalue weighted by molar-refractivity contribution is -0.138. The molecule has 3 aromatic rings. The van der Waals surface area contributed by atoms with E-state index in [2.05, 4.69) is 13.2 Å². The number of esters is 3. The summed E-state index contributed by atoms with van der Waals surface area (Å²) in [7, 11) is 0. The Morgan fingerprint density at radius 1 is 0.653 bits per heavy atom. The molecule has 0 bridgehead atoms. The van der Waals surface area contributed by atoms with Crippen LogP contribution in [0.25, 0.3) is 11.1 Å². The van der Waals surface area contributed by atoms with Crippen LogP contribution >= 0.6 is 0 Å². The van der Waals surface area contributed by atoms with Crippen molar-refractivity contribution >= 4 is 17.9 Å². The van der Waals surface area contributed by atoms with E-state index in [1.54, 1.807) is 36.4 Å². The molecule has 49 heavy (non-hydrogen) atoms. The molecule has 1 aliphatic rings. The van der Waals surface area contributed by atoms with Crippen LogP contribution in [0.4, 0.5) is 0 Å². The van der Waals surface area contributed by atoms with Crippen molar-refractivity contribution in [3.05, 3.63) is 133 Å². The number of hydrogen-bond acceptors (Lipinski definition) is 10. The number of carbonyl (C=O) groups is 3. The standard InChI is InChI=1S/C39H40O10/c1-3-36(40)46-25-6-5-24-44-33-18-14-31(15-19-33)39(43)49-35-22-20-34(21-23-35)48-38(42)30-10-8-28(9-11-30)29-12-16-32(17-13-29)45-26-7-27-47-37(41)4-2/h3-4,8-20,22,38,42H,1-2,5-7,21,23-27H2. The molecule has 1 N–H and O–H groups in total. The van der Waals surface area contributed by atoms with Gasteiger partial charge in [-0.1, -0.05) is 49.6 Å². The summed E-state index contributed by atoms with van der Waals surface area (Å²) in [5.74, 6) is 1.03. The van der Waals surface area contributed by atoms with Gasteiger partial charge in [0.25, 0.3) is 0 Å². The van der Waals surface area contributed by atoms with E-state index in [9.17, 15) is 19.5 Å². The molecule has 0 fully saturated rings. The molecule has 1 atom stereocenters. The number of rotatable bonds is 19. The molecular weight excluding hydrogens is 628 g/mol. The zero-order valence-electron chi connectivity index (χ0n) is 27.2. The first-order valence-corrected chi connectivity index (χ1v) is 16.0. The molecule has 0 amide bonds. The fraction of sp³-hybridized carbons (Fsp3) is 0.256. The monoisotopic (exact) mass is 668 g/mol. The largest absolute Gasteiger partial charge is 0.494 e. The third-order valence-corrected chi connectivity index (χ3v) is 7.22. The Bertz CT molecular complexity index is 1620. The average molecular weight is 669 g/mol. The minimum atomic E-state index is -1.16. The quantitative estimate of drug-likeness (QED) is 0.0462. The van der Waals surface area contributed by atoms with Gasteiger partial charge in [0.2, 0.25) is 6.29 Å². The van der Waals surface area contributed by atoms with Gasteiger partial charge in [-0.3, -0.25) is 0 Å². The fourth-order valence-corrected chi connectivity index (χ4v) is 4.55. The highest BCUT2D eigenvalue weighted by molar-refractivity contribution is 5.90. The summed E-state index contributed by atoms with van der Waals surface area (Å²) in [4.78, 5) is 34.8. The molecule has 4 rings (SSSR count). The van der Waals surface area contributed by atoms with E-state index in [0.717, 1.165) is 23.3 Å². The summed E-state index contributed by atoms with van der Waals surface area (Å²) >= 11 is 0. The van der Waals surface area contributed by atoms with Gasteiger partial charge in [0.05, 0.1) is 32.0 Å². The summed E-state index contributed by atoms with van der Waals surface area (Å²) in [6.07, 6.45) is 7.31. The number of ether oxygens (including phenoxy) is 6. The Labute approximate surface area is 285 Å². The maximum Gasteiger partial charge on any atom is 0.343 e. The summed E-state index contributed by atoms with van der Waals surface area (Å²) in [5, 5.41) is 10.7. The molecule has 1 aliphatic carbocycles. The number of aliphatic hydroxyl groups excluding tert-OH is 1. The van der Waals surface area contributed by atoms with Gasteiger partial charge in [0.1, 0.15) is 23.0 Å². The lowest BCUT2D eigenvalue weighted by Gasteiger charge is -2.19. The van der Waals surface area contributed by atoms with E-state index in [1.165, 1.54) is 0 Å². The van der Waals surface area contributed by atoms with Crippen LogP contribution in [0.1, 0.15) is 54.3 Å². The number of benzene rings is 3. The lowest BCUT2D eigenvalue weighted by Crippen LogP contribution is -2.09. The van der Waals surface area contributed by atoms with Crippen molar-refractivity contribution in [3.8, 4) is 22.6 Å². The van der Waals surface area contributed by atoms with Crippen LogP contribution < -0.4 is 9.47 Å². The van der Waals surface area contributed by atoms with Gasteiger partial charge < -0.3 is 33.5 Å². The van der Waals surface area contributed by atoms with E-state index in [0.29, 0.717) is 86.1 Å². The first-order chi connectivity index (χ1) is 23.8. The number of carbonyl (C=O) groups excluding carboxylic acids is 3. The van der Waals surface area contributed by atoms with E-state index >= 15 is 0 Å². The average Bonchev–Trinajstić information content (AvgIpc) is 3.14. The van der Waals surface area contributed by atoms with Gasteiger partial charge in [-0.15, -0.1) is 0 Å². The van der Waals surface area contributed by atoms with Crippen LogP contribution in [0.5, 0.6) is 11.5 Å². The highest BCUT2D eigenvalue weighted by Crippen LogP contribution is 2.28. The zero-order valence-corrected chi connectivity index (χ0v) is 27.2. The third-order valence-electron chi connectivity index (χ3n) is 7.22. The normalized spacial score (nSPS) is 12.8. The number of allylic oxidation sites excluding steroid dienone is 4. The molecule has 10 heteroatoms. The molecule has 0 spiro atoms. The molecule has 256 valence electrons. The van der Waals surface area contributed by atoms with Crippen LogP contribution in [0.3, 0.4) is 0 Å². The highest BCUT2D eigenvalue weighted by Gasteiger charge is 2.17. The Morgan fingerprint density at radius 3 is 1.71 bits per heavy atom. The minimum Gasteiger partial charge on any atom is -0.494 e. The van der Waals surface area contributed by atoms with Crippen molar-refractivity contribution in [1.29, 1.82) is 0 Å². The van der Waals surface area contributed by atoms with Gasteiger partial charge >= 0.3 is 17.9 Å². The number of unbranched alkanes of at least 4 members (excludes halogenated alkanes) is 1. The molecule has 0 radical (unpaired) electrons. The molecule has 0 saturated heterocycles. The lowest BCUT2D eigenvalue weighted by atomic mass is 10.0. The third kappa shape index (κ3) is 12.2. The van der Waals surface area contributed by atoms with Gasteiger partial charge in [-0.2, -0.15) is 0 Å². The summed E-state index contributed by atoms with van der Waals surface area (Å²) < 4.78 is 32.6. The van der Waals surface area contributed by atoms with Crippen molar-refractivity contribution in [1.82, 2.24) is 0 Å². The molecule has 10 nitrogen and oxygen atoms in total. The molecule has 3 aromatic carbocycles. The van der Waals surface area contributed by atoms with Crippen molar-refractivity contribution in [2.45, 2.75) is 38.4 Å². The van der Waals surface area contributed by atoms with Gasteiger partial charge in [0, 0.05) is 37.0 Å². The van der Waals surface area contributed by atoms with Crippen LogP contribution in [0.2, 0.25) is 0 Å². The van der Waals surface area contributed by atoms with Gasteiger partial charge in [0.15, 0.2) is 0 Å². The second kappa shape index (κ2) is 19.3. The molecule has 0 aliphatic heterocycles. The predicted octanol–water partition coefficient (Wildman–Crippen LogP) is 7.17. The number of aliphatic hydroxyl groups is 1. The van der Waals surface area contributed by atoms with E-state index < -0.39 is 24.2 Å². The molecular formula is C39H40O10. The van der Waals surface area contributed by atoms with Crippen LogP contribution in [-0.2, 0) is 28.5 Å². The predicted molar refractivity (Wildman–Crippen MR) is 182 cm³/mol. The van der Waals surface area contributed by atoms with Crippen LogP contribution in [-0.4, -0.2) is 49.4 Å². The molecule has 0 heterocycles. The maximum absolute atomic E-state index is 12.7. The van der Waals surface area contributed by atoms with Gasteiger partial charge in [-0.05, 0) is 72.5 Å². The highest BCUT2D eigenvalue weighted by atomic mass is 16.6. The smallest absolute Gasteiger partial charge is 0.343 e. The Kier molecular flexibility index (Phi) is 14.2. The van der Waals surface area contributed by atoms with Crippen molar-refractivity contribution in [2.75, 3.05) is 26.4 Å². The van der Waals surface area contributed by atoms with Gasteiger partial charge in [-0.25, -0.2) is 14.4 Å². The zero-order chi connectivity index (χ0) is 34.8. The first kappa shape index (κ1) is 36.2. The van der Waals surface area contributed by atoms with Crippen molar-refractivity contribution in [3.63, 3.8) is 0 Å². The number of hydrogen-bond donors (Lipinski definition) is 1. The molecule has 1 unspecified atom stereocenters. The topological polar surface area (TPSA) is 127 Å². The van der Waals surface area contributed by atoms with Crippen LogP contribution in [0, 0.1) is 0 Å². The van der Waals surface area contributed by atoms with E-state index in [1.807, 2.05) is 48.5 Å². The summed E-state index contributed by atoms with van der Waals surface area (Å²) in [6.45, 7) is 8.15. The maximum atomic E-state index is 12.7. The molecule has 0 saturated carbocycles. The minimum absolute atomic E-state index is 0.270. The second-order valence-electron chi connectivity index (χ2n) is 10.8. The van der Waals surface area contributed by atoms with Crippen molar-refractivity contribution in [2.24, 2.45) is 0 Å². The van der Waals surface area contributed by atoms with Crippen LogP contribution in [0.15, 0.2) is 122 Å². The van der Waals surface area contributed by atoms with E-state index in [-0.39, 0.29) is 6.61 Å². The van der Waals surface area contributed by atoms with Crippen molar-refractivity contribution < 1.29 is 47.9 Å².